The van der Waals surface area contributed by atoms with E-state index in [1.54, 1.807) is 0 Å². The predicted molar refractivity (Wildman–Crippen MR) is 36.0 cm³/mol. The van der Waals surface area contributed by atoms with Crippen LogP contribution in [0.25, 0.3) is 0 Å². The maximum absolute atomic E-state index is 9.90. The molecule has 0 aliphatic carbocycles. The molecule has 0 rings (SSSR count). The van der Waals surface area contributed by atoms with Crippen LogP contribution in [-0.2, 0) is 4.79 Å². The van der Waals surface area contributed by atoms with Gasteiger partial charge in [-0.15, -0.1) is 0 Å². The van der Waals surface area contributed by atoms with Gasteiger partial charge in [0.1, 0.15) is 0 Å². The monoisotopic (exact) mass is 360 g/mol. The van der Waals surface area contributed by atoms with Gasteiger partial charge in [0, 0.05) is 13.0 Å². The molecule has 0 heterocycles. The first kappa shape index (κ1) is 13.5. The third-order valence-electron chi connectivity index (χ3n) is 1.05. The molecule has 0 atom stereocenters. The molecule has 0 aromatic rings. The Morgan fingerprint density at radius 3 is 2.20 bits per heavy atom. The van der Waals surface area contributed by atoms with Crippen molar-refractivity contribution >= 4 is 5.97 Å². The molecule has 0 fully saturated rings. The maximum atomic E-state index is 9.90. The summed E-state index contributed by atoms with van der Waals surface area (Å²) < 4.78 is 0. The van der Waals surface area contributed by atoms with Gasteiger partial charge >= 0.3 is 51.0 Å². The fourth-order valence-electron chi connectivity index (χ4n) is 0.565. The average Bonchev–Trinajstić information content (AvgIpc) is 1.80. The van der Waals surface area contributed by atoms with Gasteiger partial charge in [-0.05, 0) is 12.8 Å². The number of hydrogen-bond donors (Lipinski definition) is 2. The van der Waals surface area contributed by atoms with Gasteiger partial charge in [0.15, 0.2) is 0 Å². The number of aliphatic carboxylic acids is 1. The molecule has 10 heavy (non-hydrogen) atoms. The third kappa shape index (κ3) is 11.7. The second-order valence-electron chi connectivity index (χ2n) is 1.93. The molecule has 0 aromatic carbocycles. The summed E-state index contributed by atoms with van der Waals surface area (Å²) in [6.45, 7) is 0.166. The van der Waals surface area contributed by atoms with E-state index in [9.17, 15) is 4.79 Å². The van der Waals surface area contributed by atoms with Crippen molar-refractivity contribution in [2.24, 2.45) is 0 Å². The SMILES string of the molecule is O=C(O)CCCCCO.[RaH2]. The van der Waals surface area contributed by atoms with E-state index in [0.717, 1.165) is 6.42 Å². The van der Waals surface area contributed by atoms with E-state index in [1.807, 2.05) is 0 Å². The Morgan fingerprint density at radius 1 is 1.20 bits per heavy atom. The summed E-state index contributed by atoms with van der Waals surface area (Å²) in [5.74, 6) is -0.757. The molecule has 0 saturated heterocycles. The van der Waals surface area contributed by atoms with Crippen molar-refractivity contribution in [2.75, 3.05) is 6.61 Å². The van der Waals surface area contributed by atoms with E-state index in [2.05, 4.69) is 0 Å². The second-order valence-corrected chi connectivity index (χ2v) is 1.93. The van der Waals surface area contributed by atoms with Crippen molar-refractivity contribution in [1.82, 2.24) is 0 Å². The summed E-state index contributed by atoms with van der Waals surface area (Å²) >= 11 is 0. The molecule has 58 valence electrons. The first-order valence-corrected chi connectivity index (χ1v) is 3.10. The van der Waals surface area contributed by atoms with Crippen LogP contribution in [0.15, 0.2) is 0 Å². The molecule has 4 heteroatoms. The number of rotatable bonds is 5. The number of aliphatic hydroxyl groups is 1. The Balaban J connectivity index is 0. The molecule has 0 saturated carbocycles. The molecule has 0 spiro atoms. The zero-order valence-corrected chi connectivity index (χ0v) is 5.34. The molecule has 0 amide bonds. The van der Waals surface area contributed by atoms with Crippen LogP contribution in [0, 0.1) is 45.0 Å². The van der Waals surface area contributed by atoms with E-state index in [1.165, 1.54) is 0 Å². The van der Waals surface area contributed by atoms with E-state index in [0.29, 0.717) is 12.8 Å². The van der Waals surface area contributed by atoms with Crippen LogP contribution < -0.4 is 0 Å². The van der Waals surface area contributed by atoms with Crippen LogP contribution >= 0.6 is 0 Å². The van der Waals surface area contributed by atoms with Crippen molar-refractivity contribution in [1.29, 1.82) is 0 Å². The molecular formula is C6H14O3Ra. The van der Waals surface area contributed by atoms with Crippen LogP contribution in [0.5, 0.6) is 0 Å². The fraction of sp³-hybridized carbons (Fsp3) is 0.833. The van der Waals surface area contributed by atoms with Crippen LogP contribution in [0.2, 0.25) is 0 Å². The molecule has 0 aromatic heterocycles. The van der Waals surface area contributed by atoms with Gasteiger partial charge in [-0.2, -0.15) is 0 Å². The summed E-state index contributed by atoms with van der Waals surface area (Å²) in [6, 6.07) is 0. The topological polar surface area (TPSA) is 57.5 Å². The molecule has 2 N–H and O–H groups in total. The molecule has 0 bridgehead atoms. The zero-order valence-electron chi connectivity index (χ0n) is 5.34. The van der Waals surface area contributed by atoms with Gasteiger partial charge in [0.25, 0.3) is 0 Å². The molecule has 0 aliphatic rings. The van der Waals surface area contributed by atoms with Crippen molar-refractivity contribution in [3.8, 4) is 0 Å². The Hall–Kier alpha value is 0.898. The van der Waals surface area contributed by atoms with E-state index in [4.69, 9.17) is 10.2 Å². The Kier molecular flexibility index (Phi) is 13.3. The van der Waals surface area contributed by atoms with Crippen LogP contribution in [0.3, 0.4) is 0 Å². The number of carboxylic acid groups (broad SMARTS) is 1. The van der Waals surface area contributed by atoms with Gasteiger partial charge < -0.3 is 10.2 Å². The minimum absolute atomic E-state index is 0. The van der Waals surface area contributed by atoms with Crippen LogP contribution in [0.1, 0.15) is 25.7 Å². The molecule has 3 nitrogen and oxygen atoms in total. The average molecular weight is 360 g/mol. The first-order chi connectivity index (χ1) is 4.27. The standard InChI is InChI=1S/C6H12O3.Ra.2H/c7-5-3-1-2-4-6(8)9;;;/h7H,1-5H2,(H,8,9);;;. The van der Waals surface area contributed by atoms with Crippen molar-refractivity contribution in [2.45, 2.75) is 25.7 Å². The van der Waals surface area contributed by atoms with Gasteiger partial charge in [-0.1, -0.05) is 6.42 Å². The van der Waals surface area contributed by atoms with E-state index >= 15 is 0 Å². The van der Waals surface area contributed by atoms with Crippen LogP contribution in [-0.4, -0.2) is 22.8 Å². The third-order valence-corrected chi connectivity index (χ3v) is 1.05. The summed E-state index contributed by atoms with van der Waals surface area (Å²) in [5, 5.41) is 16.4. The van der Waals surface area contributed by atoms with Crippen molar-refractivity contribution in [3.05, 3.63) is 0 Å². The zero-order chi connectivity index (χ0) is 7.11. The summed E-state index contributed by atoms with van der Waals surface area (Å²) in [5.41, 5.74) is 0. The number of unbranched alkanes of at least 4 members (excludes halogenated alkanes) is 2. The normalized spacial score (nSPS) is 8.50. The predicted octanol–water partition coefficient (Wildman–Crippen LogP) is 0.0883. The second kappa shape index (κ2) is 9.90. The number of aliphatic hydroxyl groups excluding tert-OH is 1. The minimum atomic E-state index is -0.757. The summed E-state index contributed by atoms with van der Waals surface area (Å²) in [6.07, 6.45) is 2.42. The van der Waals surface area contributed by atoms with E-state index in [-0.39, 0.29) is 58.0 Å². The molecule has 0 aliphatic heterocycles. The van der Waals surface area contributed by atoms with Gasteiger partial charge in [0.2, 0.25) is 0 Å². The Labute approximate surface area is 97.3 Å². The van der Waals surface area contributed by atoms with Crippen molar-refractivity contribution < 1.29 is 60.0 Å². The summed E-state index contributed by atoms with van der Waals surface area (Å²) in [4.78, 5) is 9.90. The van der Waals surface area contributed by atoms with E-state index < -0.39 is 5.97 Å². The quantitative estimate of drug-likeness (QED) is 0.684. The first-order valence-electron chi connectivity index (χ1n) is 3.10. The molecular weight excluding hydrogens is 346 g/mol. The Morgan fingerprint density at radius 2 is 1.80 bits per heavy atom. The number of hydrogen-bond acceptors (Lipinski definition) is 2. The van der Waals surface area contributed by atoms with Crippen LogP contribution in [0.4, 0.5) is 0 Å². The van der Waals surface area contributed by atoms with Crippen molar-refractivity contribution in [3.63, 3.8) is 0 Å². The number of carboxylic acids is 1. The Bertz CT molecular complexity index is 85.1. The molecule has 0 unspecified atom stereocenters. The van der Waals surface area contributed by atoms with Gasteiger partial charge in [-0.25, -0.2) is 0 Å². The molecule has 0 radical (unpaired) electrons. The van der Waals surface area contributed by atoms with Gasteiger partial charge in [-0.3, -0.25) is 4.79 Å². The summed E-state index contributed by atoms with van der Waals surface area (Å²) in [7, 11) is 0. The fourth-order valence-corrected chi connectivity index (χ4v) is 0.565. The van der Waals surface area contributed by atoms with Gasteiger partial charge in [0.05, 0.1) is 0 Å². The number of carbonyl (C=O) groups is 1.